The van der Waals surface area contributed by atoms with Gasteiger partial charge in [0.15, 0.2) is 0 Å². The molecule has 1 N–H and O–H groups in total. The zero-order valence-electron chi connectivity index (χ0n) is 12.3. The average Bonchev–Trinajstić information content (AvgIpc) is 2.75. The standard InChI is InChI=1S/C16H33N/c1-4-6-7-8-9-16(17-12-5-2)15-11-10-14(3)13-15/h14-17H,4-13H2,1-3H3. The summed E-state index contributed by atoms with van der Waals surface area (Å²) < 4.78 is 0. The van der Waals surface area contributed by atoms with E-state index in [1.165, 1.54) is 64.3 Å². The van der Waals surface area contributed by atoms with E-state index in [0.29, 0.717) is 0 Å². The van der Waals surface area contributed by atoms with E-state index in [2.05, 4.69) is 26.1 Å². The summed E-state index contributed by atoms with van der Waals surface area (Å²) in [5, 5.41) is 3.81. The quantitative estimate of drug-likeness (QED) is 0.572. The highest BCUT2D eigenvalue weighted by Crippen LogP contribution is 2.34. The third-order valence-corrected chi connectivity index (χ3v) is 4.33. The Morgan fingerprint density at radius 2 is 1.88 bits per heavy atom. The molecule has 3 atom stereocenters. The second kappa shape index (κ2) is 8.97. The smallest absolute Gasteiger partial charge is 0.00954 e. The molecule has 0 spiro atoms. The van der Waals surface area contributed by atoms with Crippen LogP contribution in [0.2, 0.25) is 0 Å². The van der Waals surface area contributed by atoms with Gasteiger partial charge in [-0.15, -0.1) is 0 Å². The molecule has 0 radical (unpaired) electrons. The fourth-order valence-electron chi connectivity index (χ4n) is 3.24. The summed E-state index contributed by atoms with van der Waals surface area (Å²) in [5.41, 5.74) is 0. The lowest BCUT2D eigenvalue weighted by atomic mass is 9.92. The lowest BCUT2D eigenvalue weighted by Crippen LogP contribution is -2.35. The van der Waals surface area contributed by atoms with Crippen LogP contribution in [-0.4, -0.2) is 12.6 Å². The van der Waals surface area contributed by atoms with Gasteiger partial charge in [0.2, 0.25) is 0 Å². The minimum atomic E-state index is 0.816. The molecule has 17 heavy (non-hydrogen) atoms. The highest BCUT2D eigenvalue weighted by molar-refractivity contribution is 4.83. The van der Waals surface area contributed by atoms with Crippen molar-refractivity contribution < 1.29 is 0 Å². The fourth-order valence-corrected chi connectivity index (χ4v) is 3.24. The first-order chi connectivity index (χ1) is 8.27. The molecule has 1 heteroatoms. The maximum atomic E-state index is 3.81. The van der Waals surface area contributed by atoms with Gasteiger partial charge in [-0.3, -0.25) is 0 Å². The van der Waals surface area contributed by atoms with Crippen LogP contribution in [-0.2, 0) is 0 Å². The second-order valence-corrected chi connectivity index (χ2v) is 6.09. The topological polar surface area (TPSA) is 12.0 Å². The van der Waals surface area contributed by atoms with Crippen LogP contribution in [0, 0.1) is 11.8 Å². The van der Waals surface area contributed by atoms with E-state index in [4.69, 9.17) is 0 Å². The summed E-state index contributed by atoms with van der Waals surface area (Å²) in [6.07, 6.45) is 12.7. The summed E-state index contributed by atoms with van der Waals surface area (Å²) >= 11 is 0. The molecule has 1 rings (SSSR count). The van der Waals surface area contributed by atoms with Gasteiger partial charge in [0.1, 0.15) is 0 Å². The van der Waals surface area contributed by atoms with E-state index >= 15 is 0 Å². The SMILES string of the molecule is CCCCCCC(NCCC)C1CCC(C)C1. The lowest BCUT2D eigenvalue weighted by Gasteiger charge is -2.25. The van der Waals surface area contributed by atoms with E-state index < -0.39 is 0 Å². The third-order valence-electron chi connectivity index (χ3n) is 4.33. The van der Waals surface area contributed by atoms with Crippen LogP contribution in [0.3, 0.4) is 0 Å². The second-order valence-electron chi connectivity index (χ2n) is 6.09. The molecule has 0 aliphatic heterocycles. The largest absolute Gasteiger partial charge is 0.314 e. The molecule has 0 amide bonds. The Morgan fingerprint density at radius 1 is 1.06 bits per heavy atom. The first-order valence-electron chi connectivity index (χ1n) is 8.01. The number of hydrogen-bond donors (Lipinski definition) is 1. The highest BCUT2D eigenvalue weighted by Gasteiger charge is 2.27. The van der Waals surface area contributed by atoms with Gasteiger partial charge in [-0.2, -0.15) is 0 Å². The van der Waals surface area contributed by atoms with Gasteiger partial charge in [-0.25, -0.2) is 0 Å². The Hall–Kier alpha value is -0.0400. The average molecular weight is 239 g/mol. The lowest BCUT2D eigenvalue weighted by molar-refractivity contribution is 0.324. The minimum Gasteiger partial charge on any atom is -0.314 e. The molecule has 0 bridgehead atoms. The summed E-state index contributed by atoms with van der Waals surface area (Å²) in [5.74, 6) is 1.94. The monoisotopic (exact) mass is 239 g/mol. The molecule has 0 aromatic carbocycles. The van der Waals surface area contributed by atoms with E-state index in [9.17, 15) is 0 Å². The van der Waals surface area contributed by atoms with Gasteiger partial charge < -0.3 is 5.32 Å². The molecule has 1 nitrogen and oxygen atoms in total. The zero-order valence-corrected chi connectivity index (χ0v) is 12.3. The normalized spacial score (nSPS) is 26.3. The number of unbranched alkanes of at least 4 members (excludes halogenated alkanes) is 3. The molecule has 0 heterocycles. The number of nitrogens with one attached hydrogen (secondary N) is 1. The van der Waals surface area contributed by atoms with E-state index in [-0.39, 0.29) is 0 Å². The van der Waals surface area contributed by atoms with Crippen molar-refractivity contribution >= 4 is 0 Å². The Balaban J connectivity index is 2.26. The zero-order chi connectivity index (χ0) is 12.5. The highest BCUT2D eigenvalue weighted by atomic mass is 14.9. The predicted octanol–water partition coefficient (Wildman–Crippen LogP) is 4.76. The van der Waals surface area contributed by atoms with Crippen LogP contribution < -0.4 is 5.32 Å². The first-order valence-corrected chi connectivity index (χ1v) is 8.01. The molecule has 3 unspecified atom stereocenters. The Labute approximate surface area is 109 Å². The molecular formula is C16H33N. The predicted molar refractivity (Wildman–Crippen MR) is 77.3 cm³/mol. The van der Waals surface area contributed by atoms with Crippen LogP contribution in [0.25, 0.3) is 0 Å². The van der Waals surface area contributed by atoms with Gasteiger partial charge in [0, 0.05) is 6.04 Å². The molecule has 102 valence electrons. The summed E-state index contributed by atoms with van der Waals surface area (Å²) in [6, 6.07) is 0.816. The van der Waals surface area contributed by atoms with E-state index in [0.717, 1.165) is 17.9 Å². The maximum Gasteiger partial charge on any atom is 0.00954 e. The van der Waals surface area contributed by atoms with Crippen molar-refractivity contribution in [2.75, 3.05) is 6.54 Å². The first kappa shape index (κ1) is 15.0. The summed E-state index contributed by atoms with van der Waals surface area (Å²) in [7, 11) is 0. The fraction of sp³-hybridized carbons (Fsp3) is 1.00. The van der Waals surface area contributed by atoms with E-state index in [1.807, 2.05) is 0 Å². The Morgan fingerprint density at radius 3 is 2.47 bits per heavy atom. The summed E-state index contributed by atoms with van der Waals surface area (Å²) in [4.78, 5) is 0. The molecule has 1 aliphatic carbocycles. The van der Waals surface area contributed by atoms with Crippen molar-refractivity contribution in [3.8, 4) is 0 Å². The minimum absolute atomic E-state index is 0.816. The van der Waals surface area contributed by atoms with Crippen molar-refractivity contribution in [2.24, 2.45) is 11.8 Å². The van der Waals surface area contributed by atoms with Crippen molar-refractivity contribution in [2.45, 2.75) is 84.6 Å². The van der Waals surface area contributed by atoms with Crippen LogP contribution in [0.4, 0.5) is 0 Å². The van der Waals surface area contributed by atoms with Crippen molar-refractivity contribution in [1.29, 1.82) is 0 Å². The van der Waals surface area contributed by atoms with Crippen molar-refractivity contribution in [3.05, 3.63) is 0 Å². The molecular weight excluding hydrogens is 206 g/mol. The summed E-state index contributed by atoms with van der Waals surface area (Å²) in [6.45, 7) is 8.21. The molecule has 1 aliphatic rings. The Kier molecular flexibility index (Phi) is 7.92. The van der Waals surface area contributed by atoms with E-state index in [1.54, 1.807) is 0 Å². The molecule has 1 fully saturated rings. The molecule has 0 saturated heterocycles. The number of hydrogen-bond acceptors (Lipinski definition) is 1. The van der Waals surface area contributed by atoms with Gasteiger partial charge in [-0.05, 0) is 44.1 Å². The number of rotatable bonds is 9. The van der Waals surface area contributed by atoms with Crippen molar-refractivity contribution in [3.63, 3.8) is 0 Å². The van der Waals surface area contributed by atoms with Crippen LogP contribution in [0.15, 0.2) is 0 Å². The molecule has 0 aromatic rings. The molecule has 0 aromatic heterocycles. The maximum absolute atomic E-state index is 3.81. The van der Waals surface area contributed by atoms with Crippen LogP contribution in [0.5, 0.6) is 0 Å². The van der Waals surface area contributed by atoms with Crippen molar-refractivity contribution in [1.82, 2.24) is 5.32 Å². The van der Waals surface area contributed by atoms with Gasteiger partial charge in [0.25, 0.3) is 0 Å². The van der Waals surface area contributed by atoms with Gasteiger partial charge >= 0.3 is 0 Å². The molecule has 1 saturated carbocycles. The third kappa shape index (κ3) is 5.90. The van der Waals surface area contributed by atoms with Gasteiger partial charge in [-0.1, -0.05) is 52.9 Å². The van der Waals surface area contributed by atoms with Gasteiger partial charge in [0.05, 0.1) is 0 Å². The van der Waals surface area contributed by atoms with Crippen LogP contribution in [0.1, 0.15) is 78.6 Å². The Bertz CT molecular complexity index is 178. The van der Waals surface area contributed by atoms with Crippen LogP contribution >= 0.6 is 0 Å².